The van der Waals surface area contributed by atoms with Gasteiger partial charge in [0.15, 0.2) is 0 Å². The zero-order valence-corrected chi connectivity index (χ0v) is 6.76. The number of nitrogens with one attached hydrogen (secondary N) is 2. The molecule has 3 atom stereocenters. The molecule has 1 amide bonds. The summed E-state index contributed by atoms with van der Waals surface area (Å²) in [6, 6.07) is 0.590. The Balaban J connectivity index is 1.73. The van der Waals surface area contributed by atoms with Crippen LogP contribution in [0.3, 0.4) is 0 Å². The fourth-order valence-electron chi connectivity index (χ4n) is 1.32. The van der Waals surface area contributed by atoms with Gasteiger partial charge < -0.3 is 10.6 Å². The molecule has 1 heterocycles. The van der Waals surface area contributed by atoms with Crippen LogP contribution in [0.15, 0.2) is 0 Å². The molecule has 62 valence electrons. The highest BCUT2D eigenvalue weighted by Gasteiger charge is 2.36. The van der Waals surface area contributed by atoms with E-state index >= 15 is 0 Å². The quantitative estimate of drug-likeness (QED) is 0.582. The summed E-state index contributed by atoms with van der Waals surface area (Å²) >= 11 is 0. The smallest absolute Gasteiger partial charge is 0.237 e. The highest BCUT2D eigenvalue weighted by molar-refractivity contribution is 5.83. The average molecular weight is 154 g/mol. The topological polar surface area (TPSA) is 41.1 Å². The molecule has 3 unspecified atom stereocenters. The van der Waals surface area contributed by atoms with Crippen molar-refractivity contribution < 1.29 is 4.79 Å². The summed E-state index contributed by atoms with van der Waals surface area (Å²) in [7, 11) is 0. The molecule has 0 radical (unpaired) electrons. The van der Waals surface area contributed by atoms with Gasteiger partial charge in [-0.15, -0.1) is 0 Å². The minimum absolute atomic E-state index is 0.114. The monoisotopic (exact) mass is 154 g/mol. The molecule has 0 aromatic rings. The SMILES string of the molecule is CC1CC1NC(=O)C1CCN1. The lowest BCUT2D eigenvalue weighted by Gasteiger charge is -2.26. The third-order valence-corrected chi connectivity index (χ3v) is 2.58. The van der Waals surface area contributed by atoms with Gasteiger partial charge in [-0.2, -0.15) is 0 Å². The van der Waals surface area contributed by atoms with Crippen LogP contribution in [0, 0.1) is 5.92 Å². The lowest BCUT2D eigenvalue weighted by molar-refractivity contribution is -0.124. The third-order valence-electron chi connectivity index (χ3n) is 2.58. The molecule has 3 nitrogen and oxygen atoms in total. The van der Waals surface area contributed by atoms with Crippen molar-refractivity contribution in [1.29, 1.82) is 0 Å². The minimum atomic E-state index is 0.114. The Morgan fingerprint density at radius 3 is 2.64 bits per heavy atom. The van der Waals surface area contributed by atoms with Crippen molar-refractivity contribution in [2.75, 3.05) is 6.54 Å². The van der Waals surface area contributed by atoms with E-state index in [9.17, 15) is 4.79 Å². The average Bonchev–Trinajstić information content (AvgIpc) is 2.40. The summed E-state index contributed by atoms with van der Waals surface area (Å²) in [5, 5.41) is 6.09. The molecular formula is C8H14N2O. The Bertz CT molecular complexity index is 177. The maximum absolute atomic E-state index is 11.2. The lowest BCUT2D eigenvalue weighted by atomic mass is 10.1. The van der Waals surface area contributed by atoms with Crippen molar-refractivity contribution in [3.8, 4) is 0 Å². The molecule has 2 N–H and O–H groups in total. The second-order valence-electron chi connectivity index (χ2n) is 3.62. The largest absolute Gasteiger partial charge is 0.352 e. The summed E-state index contributed by atoms with van der Waals surface area (Å²) in [4.78, 5) is 11.2. The molecule has 2 rings (SSSR count). The predicted octanol–water partition coefficient (Wildman–Crippen LogP) is -0.127. The third kappa shape index (κ3) is 1.38. The number of hydrogen-bond donors (Lipinski definition) is 2. The Labute approximate surface area is 66.5 Å². The molecule has 0 aromatic carbocycles. The summed E-state index contributed by atoms with van der Waals surface area (Å²) in [5.41, 5.74) is 0. The fourth-order valence-corrected chi connectivity index (χ4v) is 1.32. The zero-order chi connectivity index (χ0) is 7.84. The number of rotatable bonds is 2. The first-order valence-electron chi connectivity index (χ1n) is 4.31. The van der Waals surface area contributed by atoms with E-state index in [1.807, 2.05) is 0 Å². The Kier molecular flexibility index (Phi) is 1.60. The first kappa shape index (κ1) is 7.10. The van der Waals surface area contributed by atoms with Crippen LogP contribution in [0.25, 0.3) is 0 Å². The Morgan fingerprint density at radius 1 is 1.64 bits per heavy atom. The first-order valence-corrected chi connectivity index (χ1v) is 4.31. The van der Waals surface area contributed by atoms with Crippen LogP contribution >= 0.6 is 0 Å². The van der Waals surface area contributed by atoms with Gasteiger partial charge in [0.1, 0.15) is 0 Å². The van der Waals surface area contributed by atoms with E-state index < -0.39 is 0 Å². The molecule has 3 heteroatoms. The maximum atomic E-state index is 11.2. The second kappa shape index (κ2) is 2.48. The van der Waals surface area contributed by atoms with E-state index in [1.54, 1.807) is 0 Å². The van der Waals surface area contributed by atoms with E-state index in [1.165, 1.54) is 6.42 Å². The normalized spacial score (nSPS) is 41.0. The molecule has 0 spiro atoms. The Morgan fingerprint density at radius 2 is 2.27 bits per heavy atom. The number of carbonyl (C=O) groups excluding carboxylic acids is 1. The fraction of sp³-hybridized carbons (Fsp3) is 0.875. The first-order chi connectivity index (χ1) is 5.27. The van der Waals surface area contributed by atoms with E-state index in [0.717, 1.165) is 13.0 Å². The number of amides is 1. The van der Waals surface area contributed by atoms with Gasteiger partial charge in [0.05, 0.1) is 6.04 Å². The lowest BCUT2D eigenvalue weighted by Crippen LogP contribution is -2.53. The number of carbonyl (C=O) groups is 1. The van der Waals surface area contributed by atoms with Gasteiger partial charge in [-0.1, -0.05) is 6.92 Å². The predicted molar refractivity (Wildman–Crippen MR) is 42.1 cm³/mol. The van der Waals surface area contributed by atoms with Crippen LogP contribution in [0.4, 0.5) is 0 Å². The minimum Gasteiger partial charge on any atom is -0.352 e. The zero-order valence-electron chi connectivity index (χ0n) is 6.76. The van der Waals surface area contributed by atoms with Crippen LogP contribution in [0.5, 0.6) is 0 Å². The van der Waals surface area contributed by atoms with Gasteiger partial charge in [0.25, 0.3) is 0 Å². The maximum Gasteiger partial charge on any atom is 0.237 e. The van der Waals surface area contributed by atoms with Crippen molar-refractivity contribution in [3.05, 3.63) is 0 Å². The molecule has 2 fully saturated rings. The molecule has 1 saturated heterocycles. The van der Waals surface area contributed by atoms with E-state index in [-0.39, 0.29) is 11.9 Å². The van der Waals surface area contributed by atoms with Crippen LogP contribution in [0.1, 0.15) is 19.8 Å². The van der Waals surface area contributed by atoms with Gasteiger partial charge in [-0.3, -0.25) is 4.79 Å². The van der Waals surface area contributed by atoms with Crippen LogP contribution in [0.2, 0.25) is 0 Å². The van der Waals surface area contributed by atoms with Gasteiger partial charge in [0.2, 0.25) is 5.91 Å². The van der Waals surface area contributed by atoms with Gasteiger partial charge >= 0.3 is 0 Å². The molecule has 1 aliphatic carbocycles. The van der Waals surface area contributed by atoms with E-state index in [2.05, 4.69) is 17.6 Å². The number of hydrogen-bond acceptors (Lipinski definition) is 2. The van der Waals surface area contributed by atoms with Crippen molar-refractivity contribution in [3.63, 3.8) is 0 Å². The summed E-state index contributed by atoms with van der Waals surface area (Å²) in [5.74, 6) is 0.907. The molecule has 0 bridgehead atoms. The summed E-state index contributed by atoms with van der Waals surface area (Å²) < 4.78 is 0. The molecular weight excluding hydrogens is 140 g/mol. The molecule has 2 aliphatic rings. The highest BCUT2D eigenvalue weighted by atomic mass is 16.2. The standard InChI is InChI=1S/C8H14N2O/c1-5-4-7(5)10-8(11)6-2-3-9-6/h5-7,9H,2-4H2,1H3,(H,10,11). The van der Waals surface area contributed by atoms with Gasteiger partial charge in [-0.25, -0.2) is 0 Å². The highest BCUT2D eigenvalue weighted by Crippen LogP contribution is 2.29. The van der Waals surface area contributed by atoms with E-state index in [4.69, 9.17) is 0 Å². The van der Waals surface area contributed by atoms with Crippen molar-refractivity contribution in [2.24, 2.45) is 5.92 Å². The second-order valence-corrected chi connectivity index (χ2v) is 3.62. The van der Waals surface area contributed by atoms with Crippen LogP contribution < -0.4 is 10.6 Å². The van der Waals surface area contributed by atoms with Crippen LogP contribution in [-0.2, 0) is 4.79 Å². The summed E-state index contributed by atoms with van der Waals surface area (Å²) in [6.45, 7) is 3.16. The molecule has 1 saturated carbocycles. The van der Waals surface area contributed by atoms with Crippen LogP contribution in [-0.4, -0.2) is 24.5 Å². The molecule has 1 aliphatic heterocycles. The Hall–Kier alpha value is -0.570. The van der Waals surface area contributed by atoms with Gasteiger partial charge in [0, 0.05) is 6.04 Å². The molecule has 0 aromatic heterocycles. The van der Waals surface area contributed by atoms with E-state index in [0.29, 0.717) is 12.0 Å². The summed E-state index contributed by atoms with van der Waals surface area (Å²) in [6.07, 6.45) is 2.17. The molecule has 11 heavy (non-hydrogen) atoms. The van der Waals surface area contributed by atoms with Crippen molar-refractivity contribution >= 4 is 5.91 Å². The van der Waals surface area contributed by atoms with Crippen molar-refractivity contribution in [2.45, 2.75) is 31.8 Å². The van der Waals surface area contributed by atoms with Gasteiger partial charge in [-0.05, 0) is 25.3 Å². The van der Waals surface area contributed by atoms with Crippen molar-refractivity contribution in [1.82, 2.24) is 10.6 Å².